The van der Waals surface area contributed by atoms with Crippen LogP contribution in [0.1, 0.15) is 17.5 Å². The number of carbonyl (C=O) groups excluding carboxylic acids is 1. The Balaban J connectivity index is 0.000000695. The van der Waals surface area contributed by atoms with Crippen molar-refractivity contribution in [1.29, 1.82) is 0 Å². The van der Waals surface area contributed by atoms with E-state index in [0.29, 0.717) is 23.4 Å². The molecular formula is C26H30F3N5O2S. The molecule has 7 nitrogen and oxygen atoms in total. The molecule has 4 rings (SSSR count). The number of alkyl halides is 2. The second-order valence-corrected chi connectivity index (χ2v) is 10.3. The maximum absolute atomic E-state index is 15.1. The van der Waals surface area contributed by atoms with Crippen molar-refractivity contribution in [3.63, 3.8) is 0 Å². The van der Waals surface area contributed by atoms with Gasteiger partial charge in [-0.1, -0.05) is 42.8 Å². The van der Waals surface area contributed by atoms with E-state index in [1.54, 1.807) is 12.1 Å². The van der Waals surface area contributed by atoms with Crippen molar-refractivity contribution in [3.05, 3.63) is 77.9 Å². The summed E-state index contributed by atoms with van der Waals surface area (Å²) >= 11 is 0. The van der Waals surface area contributed by atoms with E-state index < -0.39 is 18.3 Å². The lowest BCUT2D eigenvalue weighted by Crippen LogP contribution is -2.40. The van der Waals surface area contributed by atoms with E-state index in [1.807, 2.05) is 35.2 Å². The van der Waals surface area contributed by atoms with Crippen molar-refractivity contribution in [2.45, 2.75) is 19.4 Å². The fraction of sp³-hybridized carbons (Fsp3) is 0.308. The Morgan fingerprint density at radius 3 is 2.38 bits per heavy atom. The molecule has 2 N–H and O–H groups in total. The van der Waals surface area contributed by atoms with Crippen molar-refractivity contribution in [3.8, 4) is 0 Å². The maximum Gasteiger partial charge on any atom is 0.404 e. The van der Waals surface area contributed by atoms with E-state index in [1.165, 1.54) is 13.2 Å². The SMILES string of the molecule is C=C(N1CCS(=C)CC1)N(Cc1ccc(C2=NN=C(C(F)F)C2)cc1F)c1ccccc1.COC(N)=O. The van der Waals surface area contributed by atoms with Crippen molar-refractivity contribution < 1.29 is 22.7 Å². The van der Waals surface area contributed by atoms with Gasteiger partial charge in [-0.25, -0.2) is 18.0 Å². The number of methoxy groups -OCH3 is 1. The first-order valence-corrected chi connectivity index (χ1v) is 13.2. The van der Waals surface area contributed by atoms with Gasteiger partial charge in [0.2, 0.25) is 0 Å². The zero-order chi connectivity index (χ0) is 26.9. The summed E-state index contributed by atoms with van der Waals surface area (Å²) in [5.74, 6) is 6.64. The topological polar surface area (TPSA) is 83.5 Å². The summed E-state index contributed by atoms with van der Waals surface area (Å²) in [5.41, 5.74) is 6.38. The molecule has 2 aromatic rings. The molecule has 11 heteroatoms. The highest BCUT2D eigenvalue weighted by Gasteiger charge is 2.24. The third kappa shape index (κ3) is 7.69. The molecule has 1 amide bonds. The van der Waals surface area contributed by atoms with Gasteiger partial charge in [-0.3, -0.25) is 0 Å². The average molecular weight is 534 g/mol. The first-order valence-electron chi connectivity index (χ1n) is 11.5. The van der Waals surface area contributed by atoms with Gasteiger partial charge in [-0.15, -0.1) is 0 Å². The molecule has 2 aliphatic heterocycles. The number of carbonyl (C=O) groups is 1. The number of hydrogen-bond acceptors (Lipinski definition) is 6. The predicted octanol–water partition coefficient (Wildman–Crippen LogP) is 4.85. The highest BCUT2D eigenvalue weighted by Crippen LogP contribution is 2.27. The minimum atomic E-state index is -2.65. The Bertz CT molecular complexity index is 1190. The van der Waals surface area contributed by atoms with E-state index in [2.05, 4.69) is 38.0 Å². The summed E-state index contributed by atoms with van der Waals surface area (Å²) in [6.45, 7) is 6.37. The molecule has 0 radical (unpaired) electrons. The Labute approximate surface area is 217 Å². The molecule has 2 aliphatic rings. The summed E-state index contributed by atoms with van der Waals surface area (Å²) < 4.78 is 44.6. The number of nitrogens with zero attached hydrogens (tertiary/aromatic N) is 4. The van der Waals surface area contributed by atoms with Gasteiger partial charge in [0.05, 0.1) is 19.4 Å². The summed E-state index contributed by atoms with van der Waals surface area (Å²) in [7, 11) is 1.41. The molecule has 1 fully saturated rings. The van der Waals surface area contributed by atoms with E-state index in [4.69, 9.17) is 0 Å². The number of amides is 1. The number of rotatable bonds is 7. The van der Waals surface area contributed by atoms with Crippen LogP contribution in [0.25, 0.3) is 0 Å². The molecule has 0 bridgehead atoms. The number of benzene rings is 2. The van der Waals surface area contributed by atoms with Crippen LogP contribution >= 0.6 is 10.5 Å². The molecule has 37 heavy (non-hydrogen) atoms. The second kappa shape index (κ2) is 13.1. The highest BCUT2D eigenvalue weighted by atomic mass is 32.2. The third-order valence-corrected chi connectivity index (χ3v) is 7.38. The molecule has 0 unspecified atom stereocenters. The summed E-state index contributed by atoms with van der Waals surface area (Å²) in [6, 6.07) is 14.5. The van der Waals surface area contributed by atoms with Gasteiger partial charge < -0.3 is 20.3 Å². The van der Waals surface area contributed by atoms with Crippen molar-refractivity contribution >= 4 is 39.6 Å². The van der Waals surface area contributed by atoms with Crippen LogP contribution < -0.4 is 10.6 Å². The van der Waals surface area contributed by atoms with E-state index in [-0.39, 0.29) is 22.6 Å². The predicted molar refractivity (Wildman–Crippen MR) is 145 cm³/mol. The lowest BCUT2D eigenvalue weighted by molar-refractivity contribution is 0.182. The molecule has 0 saturated carbocycles. The van der Waals surface area contributed by atoms with Crippen LogP contribution in [0.15, 0.2) is 71.1 Å². The molecular weight excluding hydrogens is 503 g/mol. The molecule has 198 valence electrons. The van der Waals surface area contributed by atoms with E-state index in [0.717, 1.165) is 36.1 Å². The maximum atomic E-state index is 15.1. The standard InChI is InChI=1S/C24H25F3N4S.C2H5NO2/c1-17(30-10-12-32(2)13-11-30)31(20-6-4-3-5-7-20)16-19-9-8-18(14-21(19)25)22-15-23(24(26)27)29-28-22;1-5-2(3)4/h3-9,14,24H,1-2,10-13,15-16H2;1H3,(H2,3,4). The van der Waals surface area contributed by atoms with Gasteiger partial charge in [0, 0.05) is 47.8 Å². The minimum Gasteiger partial charge on any atom is -0.453 e. The summed E-state index contributed by atoms with van der Waals surface area (Å²) in [6.07, 6.45) is -3.46. The Morgan fingerprint density at radius 2 is 1.84 bits per heavy atom. The number of para-hydroxylation sites is 1. The van der Waals surface area contributed by atoms with Crippen LogP contribution in [0.5, 0.6) is 0 Å². The first-order chi connectivity index (χ1) is 17.7. The van der Waals surface area contributed by atoms with Gasteiger partial charge in [-0.2, -0.15) is 20.7 Å². The lowest BCUT2D eigenvalue weighted by atomic mass is 10.0. The van der Waals surface area contributed by atoms with Crippen LogP contribution in [-0.2, 0) is 11.3 Å². The van der Waals surface area contributed by atoms with Crippen LogP contribution in [0.2, 0.25) is 0 Å². The molecule has 0 aromatic heterocycles. The number of halogens is 3. The Hall–Kier alpha value is -3.60. The highest BCUT2D eigenvalue weighted by molar-refractivity contribution is 8.14. The van der Waals surface area contributed by atoms with Crippen molar-refractivity contribution in [1.82, 2.24) is 4.90 Å². The van der Waals surface area contributed by atoms with Crippen molar-refractivity contribution in [2.24, 2.45) is 15.9 Å². The molecule has 2 aromatic carbocycles. The zero-order valence-electron chi connectivity index (χ0n) is 20.6. The van der Waals surface area contributed by atoms with Crippen molar-refractivity contribution in [2.75, 3.05) is 36.6 Å². The molecule has 0 atom stereocenters. The molecule has 0 spiro atoms. The minimum absolute atomic E-state index is 0.0632. The number of ether oxygens (including phenoxy) is 1. The number of hydrogen-bond donors (Lipinski definition) is 1. The monoisotopic (exact) mass is 533 g/mol. The first kappa shape index (κ1) is 28.0. The molecule has 1 saturated heterocycles. The number of primary amides is 1. The Kier molecular flexibility index (Phi) is 9.90. The fourth-order valence-corrected chi connectivity index (χ4v) is 4.89. The van der Waals surface area contributed by atoms with Crippen LogP contribution in [0.3, 0.4) is 0 Å². The lowest BCUT2D eigenvalue weighted by Gasteiger charge is -2.38. The average Bonchev–Trinajstić information content (AvgIpc) is 3.40. The van der Waals surface area contributed by atoms with E-state index in [9.17, 15) is 13.6 Å². The third-order valence-electron chi connectivity index (χ3n) is 5.86. The van der Waals surface area contributed by atoms with Gasteiger partial charge in [0.15, 0.2) is 0 Å². The van der Waals surface area contributed by atoms with Crippen LogP contribution in [0.4, 0.5) is 23.7 Å². The molecule has 0 aliphatic carbocycles. The summed E-state index contributed by atoms with van der Waals surface area (Å²) in [5, 5.41) is 7.32. The van der Waals surface area contributed by atoms with Gasteiger partial charge >= 0.3 is 6.09 Å². The van der Waals surface area contributed by atoms with E-state index >= 15 is 4.39 Å². The smallest absolute Gasteiger partial charge is 0.404 e. The molecule has 2 heterocycles. The quantitative estimate of drug-likeness (QED) is 0.516. The Morgan fingerprint density at radius 1 is 1.19 bits per heavy atom. The second-order valence-electron chi connectivity index (χ2n) is 8.29. The van der Waals surface area contributed by atoms with Gasteiger partial charge in [0.25, 0.3) is 6.43 Å². The fourth-order valence-electron chi connectivity index (χ4n) is 3.73. The number of nitrogens with two attached hydrogens (primary N) is 1. The van der Waals surface area contributed by atoms with Gasteiger partial charge in [0.1, 0.15) is 17.3 Å². The normalized spacial score (nSPS) is 15.4. The largest absolute Gasteiger partial charge is 0.453 e. The van der Waals surface area contributed by atoms with Crippen LogP contribution in [0, 0.1) is 5.82 Å². The zero-order valence-corrected chi connectivity index (χ0v) is 21.4. The van der Waals surface area contributed by atoms with Gasteiger partial charge in [-0.05, 0) is 18.2 Å². The number of anilines is 1. The van der Waals surface area contributed by atoms with Crippen LogP contribution in [-0.4, -0.2) is 66.4 Å². The summed E-state index contributed by atoms with van der Waals surface area (Å²) in [4.78, 5) is 13.6.